The van der Waals surface area contributed by atoms with Gasteiger partial charge in [-0.05, 0) is 24.1 Å². The molecular weight excluding hydrogens is 276 g/mol. The lowest BCUT2D eigenvalue weighted by Crippen LogP contribution is -2.36. The summed E-state index contributed by atoms with van der Waals surface area (Å²) in [6.45, 7) is 3.88. The Hall–Kier alpha value is -2.62. The summed E-state index contributed by atoms with van der Waals surface area (Å²) in [5.41, 5.74) is 2.77. The van der Waals surface area contributed by atoms with Crippen LogP contribution in [0.15, 0.2) is 54.6 Å². The van der Waals surface area contributed by atoms with Gasteiger partial charge in [-0.2, -0.15) is 0 Å². The van der Waals surface area contributed by atoms with E-state index in [9.17, 15) is 9.59 Å². The highest BCUT2D eigenvalue weighted by atomic mass is 16.2. The first-order valence-electron chi connectivity index (χ1n) is 7.21. The quantitative estimate of drug-likeness (QED) is 0.922. The van der Waals surface area contributed by atoms with E-state index < -0.39 is 0 Å². The van der Waals surface area contributed by atoms with Crippen molar-refractivity contribution < 1.29 is 9.59 Å². The number of anilines is 1. The lowest BCUT2D eigenvalue weighted by molar-refractivity contribution is -0.133. The van der Waals surface area contributed by atoms with Crippen LogP contribution in [0.3, 0.4) is 0 Å². The largest absolute Gasteiger partial charge is 0.329 e. The number of amides is 2. The van der Waals surface area contributed by atoms with Gasteiger partial charge in [0.15, 0.2) is 0 Å². The lowest BCUT2D eigenvalue weighted by Gasteiger charge is -2.21. The molecule has 1 N–H and O–H groups in total. The molecule has 2 amide bonds. The van der Waals surface area contributed by atoms with E-state index in [1.165, 1.54) is 11.8 Å². The Balaban J connectivity index is 2.00. The van der Waals surface area contributed by atoms with Crippen LogP contribution < -0.4 is 5.32 Å². The third-order valence-corrected chi connectivity index (χ3v) is 3.42. The first kappa shape index (κ1) is 15.8. The molecule has 0 unspecified atom stereocenters. The molecular formula is C18H20N2O2. The highest BCUT2D eigenvalue weighted by Gasteiger charge is 2.14. The molecule has 4 nitrogen and oxygen atoms in total. The first-order valence-corrected chi connectivity index (χ1v) is 7.21. The van der Waals surface area contributed by atoms with Gasteiger partial charge in [-0.15, -0.1) is 0 Å². The van der Waals surface area contributed by atoms with E-state index in [1.54, 1.807) is 0 Å². The van der Waals surface area contributed by atoms with Crippen LogP contribution in [-0.4, -0.2) is 23.3 Å². The molecule has 0 fully saturated rings. The van der Waals surface area contributed by atoms with E-state index in [2.05, 4.69) is 5.32 Å². The van der Waals surface area contributed by atoms with Crippen molar-refractivity contribution in [3.05, 3.63) is 65.7 Å². The molecule has 0 atom stereocenters. The Morgan fingerprint density at radius 1 is 1.00 bits per heavy atom. The van der Waals surface area contributed by atoms with Crippen LogP contribution in [0.1, 0.15) is 18.1 Å². The van der Waals surface area contributed by atoms with E-state index in [-0.39, 0.29) is 18.4 Å². The third kappa shape index (κ3) is 4.45. The molecule has 4 heteroatoms. The van der Waals surface area contributed by atoms with Crippen molar-refractivity contribution in [2.75, 3.05) is 11.9 Å². The van der Waals surface area contributed by atoms with Crippen LogP contribution in [0, 0.1) is 6.92 Å². The van der Waals surface area contributed by atoms with Crippen LogP contribution in [0.4, 0.5) is 5.69 Å². The molecule has 0 spiro atoms. The molecule has 2 aromatic carbocycles. The summed E-state index contributed by atoms with van der Waals surface area (Å²) in [5.74, 6) is -0.316. The van der Waals surface area contributed by atoms with Gasteiger partial charge < -0.3 is 10.2 Å². The monoisotopic (exact) mass is 296 g/mol. The summed E-state index contributed by atoms with van der Waals surface area (Å²) in [5, 5.41) is 2.85. The Morgan fingerprint density at radius 3 is 2.27 bits per heavy atom. The smallest absolute Gasteiger partial charge is 0.244 e. The maximum atomic E-state index is 12.2. The highest BCUT2D eigenvalue weighted by Crippen LogP contribution is 2.13. The van der Waals surface area contributed by atoms with Gasteiger partial charge in [-0.3, -0.25) is 9.59 Å². The topological polar surface area (TPSA) is 49.4 Å². The predicted molar refractivity (Wildman–Crippen MR) is 87.3 cm³/mol. The SMILES string of the molecule is CC(=O)N(CC(=O)Nc1ccccc1C)Cc1ccccc1. The molecule has 0 bridgehead atoms. The van der Waals surface area contributed by atoms with Crippen LogP contribution in [0.25, 0.3) is 0 Å². The standard InChI is InChI=1S/C18H20N2O2/c1-14-8-6-7-11-17(14)19-18(22)13-20(15(2)21)12-16-9-4-3-5-10-16/h3-11H,12-13H2,1-2H3,(H,19,22). The fourth-order valence-corrected chi connectivity index (χ4v) is 2.16. The van der Waals surface area contributed by atoms with E-state index in [1.807, 2.05) is 61.5 Å². The fourth-order valence-electron chi connectivity index (χ4n) is 2.16. The van der Waals surface area contributed by atoms with E-state index in [4.69, 9.17) is 0 Å². The number of carbonyl (C=O) groups is 2. The molecule has 2 aromatic rings. The summed E-state index contributed by atoms with van der Waals surface area (Å²) in [6, 6.07) is 17.2. The maximum absolute atomic E-state index is 12.2. The normalized spacial score (nSPS) is 10.1. The molecule has 0 radical (unpaired) electrons. The van der Waals surface area contributed by atoms with Crippen molar-refractivity contribution in [1.82, 2.24) is 4.90 Å². The van der Waals surface area contributed by atoms with Crippen molar-refractivity contribution in [3.8, 4) is 0 Å². The number of benzene rings is 2. The van der Waals surface area contributed by atoms with E-state index in [0.29, 0.717) is 6.54 Å². The summed E-state index contributed by atoms with van der Waals surface area (Å²) < 4.78 is 0. The van der Waals surface area contributed by atoms with Crippen molar-refractivity contribution in [2.24, 2.45) is 0 Å². The van der Waals surface area contributed by atoms with Crippen molar-refractivity contribution in [1.29, 1.82) is 0 Å². The molecule has 0 saturated heterocycles. The summed E-state index contributed by atoms with van der Waals surface area (Å²) in [7, 11) is 0. The molecule has 114 valence electrons. The summed E-state index contributed by atoms with van der Waals surface area (Å²) in [4.78, 5) is 25.4. The summed E-state index contributed by atoms with van der Waals surface area (Å²) >= 11 is 0. The van der Waals surface area contributed by atoms with Gasteiger partial charge in [0.25, 0.3) is 0 Å². The first-order chi connectivity index (χ1) is 10.6. The fraction of sp³-hybridized carbons (Fsp3) is 0.222. The minimum absolute atomic E-state index is 0.0402. The van der Waals surface area contributed by atoms with Crippen molar-refractivity contribution in [2.45, 2.75) is 20.4 Å². The molecule has 0 aliphatic rings. The number of nitrogens with zero attached hydrogens (tertiary/aromatic N) is 1. The number of hydrogen-bond acceptors (Lipinski definition) is 2. The Morgan fingerprint density at radius 2 is 1.64 bits per heavy atom. The number of rotatable bonds is 5. The average molecular weight is 296 g/mol. The van der Waals surface area contributed by atoms with Gasteiger partial charge in [-0.25, -0.2) is 0 Å². The van der Waals surface area contributed by atoms with E-state index in [0.717, 1.165) is 16.8 Å². The zero-order chi connectivity index (χ0) is 15.9. The van der Waals surface area contributed by atoms with Gasteiger partial charge in [0.2, 0.25) is 11.8 Å². The zero-order valence-corrected chi connectivity index (χ0v) is 12.9. The van der Waals surface area contributed by atoms with Gasteiger partial charge in [-0.1, -0.05) is 48.5 Å². The predicted octanol–water partition coefficient (Wildman–Crippen LogP) is 2.98. The average Bonchev–Trinajstić information content (AvgIpc) is 2.50. The second kappa shape index (κ2) is 7.41. The second-order valence-electron chi connectivity index (χ2n) is 5.22. The number of carbonyl (C=O) groups excluding carboxylic acids is 2. The van der Waals surface area contributed by atoms with Gasteiger partial charge in [0.05, 0.1) is 0 Å². The second-order valence-corrected chi connectivity index (χ2v) is 5.22. The lowest BCUT2D eigenvalue weighted by atomic mass is 10.2. The van der Waals surface area contributed by atoms with Crippen LogP contribution >= 0.6 is 0 Å². The molecule has 2 rings (SSSR count). The van der Waals surface area contributed by atoms with Crippen molar-refractivity contribution in [3.63, 3.8) is 0 Å². The molecule has 0 heterocycles. The number of hydrogen-bond donors (Lipinski definition) is 1. The minimum atomic E-state index is -0.194. The molecule has 0 aliphatic heterocycles. The van der Waals surface area contributed by atoms with Crippen LogP contribution in [-0.2, 0) is 16.1 Å². The van der Waals surface area contributed by atoms with Crippen molar-refractivity contribution >= 4 is 17.5 Å². The minimum Gasteiger partial charge on any atom is -0.329 e. The Kier molecular flexibility index (Phi) is 5.31. The Bertz CT molecular complexity index is 653. The zero-order valence-electron chi connectivity index (χ0n) is 12.9. The van der Waals surface area contributed by atoms with Crippen LogP contribution in [0.2, 0.25) is 0 Å². The molecule has 0 saturated carbocycles. The number of nitrogens with one attached hydrogen (secondary N) is 1. The molecule has 0 aliphatic carbocycles. The number of aryl methyl sites for hydroxylation is 1. The van der Waals surface area contributed by atoms with Crippen LogP contribution in [0.5, 0.6) is 0 Å². The summed E-state index contributed by atoms with van der Waals surface area (Å²) in [6.07, 6.45) is 0. The Labute approximate surface area is 130 Å². The maximum Gasteiger partial charge on any atom is 0.244 e. The highest BCUT2D eigenvalue weighted by molar-refractivity contribution is 5.94. The van der Waals surface area contributed by atoms with Gasteiger partial charge in [0.1, 0.15) is 6.54 Å². The third-order valence-electron chi connectivity index (χ3n) is 3.42. The molecule has 22 heavy (non-hydrogen) atoms. The molecule has 0 aromatic heterocycles. The van der Waals surface area contributed by atoms with E-state index >= 15 is 0 Å². The van der Waals surface area contributed by atoms with Gasteiger partial charge >= 0.3 is 0 Å². The number of para-hydroxylation sites is 1. The van der Waals surface area contributed by atoms with Gasteiger partial charge in [0, 0.05) is 19.2 Å².